The fraction of sp³-hybridized carbons (Fsp3) is 0.0435. The maximum Gasteiger partial charge on any atom is 0.165 e. The number of imidazole rings is 2. The van der Waals surface area contributed by atoms with E-state index in [9.17, 15) is 0 Å². The Hall–Kier alpha value is -9.98. The number of rotatable bonds is 3. The first kappa shape index (κ1) is 40.5. The lowest BCUT2D eigenvalue weighted by molar-refractivity contribution is 0.660. The molecule has 7 heteroatoms. The molecule has 354 valence electrons. The molecule has 1 aliphatic carbocycles. The van der Waals surface area contributed by atoms with Gasteiger partial charge in [-0.15, -0.1) is 0 Å². The first-order valence-electron chi connectivity index (χ1n) is 26.2. The summed E-state index contributed by atoms with van der Waals surface area (Å²) >= 11 is 0. The highest BCUT2D eigenvalue weighted by Crippen LogP contribution is 2.53. The topological polar surface area (TPSA) is 57.6 Å². The maximum atomic E-state index is 6.27. The molecule has 0 unspecified atom stereocenters. The minimum Gasteiger partial charge on any atom is -0.456 e. The highest BCUT2D eigenvalue weighted by Gasteiger charge is 2.38. The fourth-order valence-electron chi connectivity index (χ4n) is 13.7. The predicted molar refractivity (Wildman–Crippen MR) is 313 cm³/mol. The van der Waals surface area contributed by atoms with Gasteiger partial charge in [0.15, 0.2) is 11.3 Å². The van der Waals surface area contributed by atoms with E-state index in [1.807, 2.05) is 12.1 Å². The van der Waals surface area contributed by atoms with Crippen LogP contribution in [0.3, 0.4) is 0 Å². The molecule has 0 bridgehead atoms. The largest absolute Gasteiger partial charge is 0.456 e. The molecule has 7 aromatic heterocycles. The molecule has 1 aliphatic rings. The van der Waals surface area contributed by atoms with E-state index in [1.165, 1.54) is 60.3 Å². The molecule has 0 aliphatic heterocycles. The zero-order valence-corrected chi connectivity index (χ0v) is 41.4. The van der Waals surface area contributed by atoms with E-state index in [0.29, 0.717) is 0 Å². The zero-order chi connectivity index (χ0) is 49.7. The smallest absolute Gasteiger partial charge is 0.165 e. The zero-order valence-electron chi connectivity index (χ0n) is 41.4. The summed E-state index contributed by atoms with van der Waals surface area (Å²) in [5.41, 5.74) is 21.8. The van der Waals surface area contributed by atoms with Crippen LogP contribution in [0.1, 0.15) is 25.0 Å². The van der Waals surface area contributed by atoms with Crippen LogP contribution < -0.4 is 0 Å². The third-order valence-electron chi connectivity index (χ3n) is 17.1. The van der Waals surface area contributed by atoms with E-state index in [1.54, 1.807) is 0 Å². The van der Waals surface area contributed by atoms with Gasteiger partial charge in [0, 0.05) is 59.8 Å². The van der Waals surface area contributed by atoms with Crippen molar-refractivity contribution in [2.45, 2.75) is 19.3 Å². The molecule has 7 heterocycles. The van der Waals surface area contributed by atoms with Gasteiger partial charge in [-0.3, -0.25) is 17.9 Å². The molecule has 0 spiro atoms. The number of nitrogens with zero attached hydrogens (tertiary/aromatic N) is 6. The molecule has 0 N–H and O–H groups in total. The highest BCUT2D eigenvalue weighted by molar-refractivity contribution is 6.20. The standard InChI is InChI=1S/C69H42N6O/c1-69(2)53-23-15-28-59(73-58-27-13-8-22-50(58)64-68(73)71-65-46-20-4-3-16-42(46)43-17-5-10-24-55(43)74(64)65)62(53)48-34-31-40(37-54(48)69)39-30-33-47-51(36-39)44-18-6-11-25-56(44)75-63-49-21-7-12-26-57(49)72(67(63)70-66(47)75)41-32-35-61-52(38-41)45-19-9-14-29-60(45)76-61/h3-38H,1-2H3. The lowest BCUT2D eigenvalue weighted by atomic mass is 9.81. The minimum atomic E-state index is -0.270. The number of hydrogen-bond acceptors (Lipinski definition) is 3. The third-order valence-corrected chi connectivity index (χ3v) is 17.1. The quantitative estimate of drug-likeness (QED) is 0.166. The summed E-state index contributed by atoms with van der Waals surface area (Å²) in [7, 11) is 0. The Morgan fingerprint density at radius 2 is 0.895 bits per heavy atom. The van der Waals surface area contributed by atoms with Crippen molar-refractivity contribution >= 4 is 121 Å². The van der Waals surface area contributed by atoms with Gasteiger partial charge >= 0.3 is 0 Å². The number of pyridine rings is 2. The molecular weight excluding hydrogens is 929 g/mol. The molecule has 10 aromatic carbocycles. The van der Waals surface area contributed by atoms with Crippen molar-refractivity contribution in [2.75, 3.05) is 0 Å². The Morgan fingerprint density at radius 3 is 1.62 bits per heavy atom. The van der Waals surface area contributed by atoms with Gasteiger partial charge in [-0.05, 0) is 111 Å². The summed E-state index contributed by atoms with van der Waals surface area (Å²) < 4.78 is 15.8. The minimum absolute atomic E-state index is 0.270. The van der Waals surface area contributed by atoms with Gasteiger partial charge in [-0.1, -0.05) is 159 Å². The number of para-hydroxylation sites is 5. The van der Waals surface area contributed by atoms with Crippen LogP contribution in [0, 0.1) is 0 Å². The average Bonchev–Trinajstić information content (AvgIpc) is 4.48. The Bertz CT molecular complexity index is 5460. The summed E-state index contributed by atoms with van der Waals surface area (Å²) in [6.07, 6.45) is 0. The Morgan fingerprint density at radius 1 is 0.355 bits per heavy atom. The van der Waals surface area contributed by atoms with E-state index in [2.05, 4.69) is 238 Å². The molecule has 0 fully saturated rings. The van der Waals surface area contributed by atoms with Crippen LogP contribution in [-0.2, 0) is 5.41 Å². The van der Waals surface area contributed by atoms with Crippen LogP contribution in [0.2, 0.25) is 0 Å². The van der Waals surface area contributed by atoms with Crippen molar-refractivity contribution in [3.63, 3.8) is 0 Å². The van der Waals surface area contributed by atoms with Crippen LogP contribution in [0.15, 0.2) is 223 Å². The normalized spacial score (nSPS) is 13.5. The van der Waals surface area contributed by atoms with Gasteiger partial charge in [0.1, 0.15) is 33.5 Å². The van der Waals surface area contributed by atoms with Gasteiger partial charge in [0.2, 0.25) is 0 Å². The van der Waals surface area contributed by atoms with Crippen LogP contribution >= 0.6 is 0 Å². The second kappa shape index (κ2) is 14.2. The van der Waals surface area contributed by atoms with Gasteiger partial charge in [0.05, 0.1) is 27.8 Å². The fourth-order valence-corrected chi connectivity index (χ4v) is 13.7. The highest BCUT2D eigenvalue weighted by atomic mass is 16.3. The van der Waals surface area contributed by atoms with E-state index >= 15 is 0 Å². The summed E-state index contributed by atoms with van der Waals surface area (Å²) in [6, 6.07) is 79.6. The van der Waals surface area contributed by atoms with Crippen LogP contribution in [0.4, 0.5) is 0 Å². The van der Waals surface area contributed by atoms with Crippen molar-refractivity contribution < 1.29 is 4.42 Å². The van der Waals surface area contributed by atoms with Gasteiger partial charge in [0.25, 0.3) is 0 Å². The Balaban J connectivity index is 0.824. The third kappa shape index (κ3) is 5.02. The summed E-state index contributed by atoms with van der Waals surface area (Å²) in [5, 5.41) is 11.6. The SMILES string of the molecule is CC1(C)c2cc(-c3ccc4c(c3)c3ccccc3n3c4nc4c3c3ccccc3n4-c3ccc4oc5ccccc5c4c3)ccc2-c2c(-n3c4ccccc4c4c3nc3c5ccccc5c5ccccc5n34)cccc21. The van der Waals surface area contributed by atoms with E-state index < -0.39 is 0 Å². The molecule has 7 nitrogen and oxygen atoms in total. The first-order valence-corrected chi connectivity index (χ1v) is 26.2. The number of furan rings is 1. The van der Waals surface area contributed by atoms with E-state index in [0.717, 1.165) is 105 Å². The number of hydrogen-bond donors (Lipinski definition) is 0. The van der Waals surface area contributed by atoms with Crippen molar-refractivity contribution in [1.82, 2.24) is 27.9 Å². The van der Waals surface area contributed by atoms with Gasteiger partial charge in [-0.25, -0.2) is 9.97 Å². The molecule has 0 radical (unpaired) electrons. The summed E-state index contributed by atoms with van der Waals surface area (Å²) in [6.45, 7) is 4.77. The molecule has 18 rings (SSSR count). The maximum absolute atomic E-state index is 6.27. The van der Waals surface area contributed by atoms with Crippen LogP contribution in [0.25, 0.3) is 154 Å². The lowest BCUT2D eigenvalue weighted by Gasteiger charge is -2.22. The number of benzene rings is 10. The van der Waals surface area contributed by atoms with Crippen LogP contribution in [-0.4, -0.2) is 27.9 Å². The molecule has 0 atom stereocenters. The first-order chi connectivity index (χ1) is 37.5. The second-order valence-corrected chi connectivity index (χ2v) is 21.3. The van der Waals surface area contributed by atoms with Crippen LogP contribution in [0.5, 0.6) is 0 Å². The Labute approximate surface area is 433 Å². The van der Waals surface area contributed by atoms with Crippen molar-refractivity contribution in [2.24, 2.45) is 0 Å². The van der Waals surface area contributed by atoms with Crippen molar-refractivity contribution in [3.05, 3.63) is 230 Å². The Kier molecular flexibility index (Phi) is 7.56. The molecule has 0 saturated heterocycles. The lowest BCUT2D eigenvalue weighted by Crippen LogP contribution is -2.15. The van der Waals surface area contributed by atoms with Gasteiger partial charge < -0.3 is 4.42 Å². The monoisotopic (exact) mass is 970 g/mol. The molecule has 0 saturated carbocycles. The van der Waals surface area contributed by atoms with Crippen molar-refractivity contribution in [3.8, 4) is 33.6 Å². The van der Waals surface area contributed by atoms with Crippen molar-refractivity contribution in [1.29, 1.82) is 0 Å². The van der Waals surface area contributed by atoms with Gasteiger partial charge in [-0.2, -0.15) is 0 Å². The average molecular weight is 971 g/mol. The molecule has 0 amide bonds. The molecule has 17 aromatic rings. The van der Waals surface area contributed by atoms with E-state index in [-0.39, 0.29) is 5.41 Å². The predicted octanol–water partition coefficient (Wildman–Crippen LogP) is 17.7. The number of fused-ring (bicyclic) bond motifs is 26. The number of aromatic nitrogens is 6. The molecule has 76 heavy (non-hydrogen) atoms. The second-order valence-electron chi connectivity index (χ2n) is 21.3. The molecular formula is C69H42N6O. The summed E-state index contributed by atoms with van der Waals surface area (Å²) in [4.78, 5) is 11.2. The summed E-state index contributed by atoms with van der Waals surface area (Å²) in [5.74, 6) is 0. The van der Waals surface area contributed by atoms with E-state index in [4.69, 9.17) is 14.4 Å².